The van der Waals surface area contributed by atoms with Crippen LogP contribution in [0.2, 0.25) is 0 Å². The summed E-state index contributed by atoms with van der Waals surface area (Å²) in [5.74, 6) is 0.0693. The second-order valence-corrected chi connectivity index (χ2v) is 4.22. The van der Waals surface area contributed by atoms with Gasteiger partial charge in [-0.2, -0.15) is 4.99 Å². The molecule has 0 radical (unpaired) electrons. The van der Waals surface area contributed by atoms with Crippen LogP contribution in [-0.2, 0) is 9.59 Å². The standard InChI is InChI=1S/C10H16N4O2.ClH/c1-14-6-8(15)12-10(14)13-9(16)7-3-2-4-11-5-7;/h7,11H,2-6H2,1H3,(H,12,13,15,16);1H. The van der Waals surface area contributed by atoms with Gasteiger partial charge in [0.05, 0.1) is 12.5 Å². The molecule has 0 spiro atoms. The van der Waals surface area contributed by atoms with Crippen molar-refractivity contribution in [2.75, 3.05) is 26.7 Å². The number of hydrogen-bond donors (Lipinski definition) is 2. The molecular weight excluding hydrogens is 244 g/mol. The lowest BCUT2D eigenvalue weighted by atomic mass is 9.99. The van der Waals surface area contributed by atoms with Crippen LogP contribution in [-0.4, -0.2) is 49.4 Å². The summed E-state index contributed by atoms with van der Waals surface area (Å²) in [6, 6.07) is 0. The van der Waals surface area contributed by atoms with Crippen molar-refractivity contribution in [1.82, 2.24) is 15.5 Å². The van der Waals surface area contributed by atoms with Gasteiger partial charge in [0.1, 0.15) is 0 Å². The number of nitrogens with zero attached hydrogens (tertiary/aromatic N) is 2. The third kappa shape index (κ3) is 3.41. The van der Waals surface area contributed by atoms with Gasteiger partial charge in [-0.1, -0.05) is 0 Å². The summed E-state index contributed by atoms with van der Waals surface area (Å²) in [7, 11) is 1.74. The predicted molar refractivity (Wildman–Crippen MR) is 66.1 cm³/mol. The molecule has 2 N–H and O–H groups in total. The largest absolute Gasteiger partial charge is 0.336 e. The van der Waals surface area contributed by atoms with E-state index in [0.717, 1.165) is 19.4 Å². The highest BCUT2D eigenvalue weighted by Gasteiger charge is 2.25. The number of nitrogens with one attached hydrogen (secondary N) is 2. The molecule has 2 saturated heterocycles. The minimum atomic E-state index is -0.142. The van der Waals surface area contributed by atoms with Crippen LogP contribution in [0.1, 0.15) is 12.8 Å². The maximum Gasteiger partial charge on any atom is 0.253 e. The van der Waals surface area contributed by atoms with Crippen LogP contribution in [0.4, 0.5) is 0 Å². The molecule has 1 unspecified atom stereocenters. The van der Waals surface area contributed by atoms with Crippen molar-refractivity contribution in [1.29, 1.82) is 0 Å². The fraction of sp³-hybridized carbons (Fsp3) is 0.700. The van der Waals surface area contributed by atoms with E-state index in [2.05, 4.69) is 15.6 Å². The molecule has 7 heteroatoms. The Hall–Kier alpha value is -1.14. The lowest BCUT2D eigenvalue weighted by Gasteiger charge is -2.20. The van der Waals surface area contributed by atoms with E-state index in [1.807, 2.05) is 0 Å². The Morgan fingerprint density at radius 2 is 2.29 bits per heavy atom. The van der Waals surface area contributed by atoms with E-state index in [0.29, 0.717) is 12.5 Å². The van der Waals surface area contributed by atoms with E-state index in [-0.39, 0.29) is 36.7 Å². The van der Waals surface area contributed by atoms with Gasteiger partial charge in [-0.25, -0.2) is 0 Å². The molecule has 2 fully saturated rings. The highest BCUT2D eigenvalue weighted by Crippen LogP contribution is 2.12. The van der Waals surface area contributed by atoms with Gasteiger partial charge in [-0.05, 0) is 19.4 Å². The van der Waals surface area contributed by atoms with E-state index in [1.165, 1.54) is 0 Å². The van der Waals surface area contributed by atoms with Crippen LogP contribution in [0, 0.1) is 5.92 Å². The Bertz CT molecular complexity index is 339. The van der Waals surface area contributed by atoms with Crippen LogP contribution in [0.25, 0.3) is 0 Å². The molecule has 0 aromatic rings. The fourth-order valence-electron chi connectivity index (χ4n) is 1.92. The number of carbonyl (C=O) groups excluding carboxylic acids is 2. The van der Waals surface area contributed by atoms with Crippen LogP contribution >= 0.6 is 12.4 Å². The van der Waals surface area contributed by atoms with Crippen LogP contribution in [0.3, 0.4) is 0 Å². The number of halogens is 1. The molecule has 0 aliphatic carbocycles. The molecule has 0 aromatic heterocycles. The van der Waals surface area contributed by atoms with Crippen molar-refractivity contribution in [2.24, 2.45) is 10.9 Å². The Balaban J connectivity index is 0.00000144. The number of likely N-dealkylation sites (N-methyl/N-ethyl adjacent to an activating group) is 1. The lowest BCUT2D eigenvalue weighted by Crippen LogP contribution is -2.36. The van der Waals surface area contributed by atoms with Crippen molar-refractivity contribution < 1.29 is 9.59 Å². The van der Waals surface area contributed by atoms with Crippen molar-refractivity contribution in [2.45, 2.75) is 12.8 Å². The number of aliphatic imine (C=N–C) groups is 1. The lowest BCUT2D eigenvalue weighted by molar-refractivity contribution is -0.122. The number of piperidine rings is 1. The first-order chi connectivity index (χ1) is 7.66. The van der Waals surface area contributed by atoms with Gasteiger partial charge in [-0.3, -0.25) is 14.9 Å². The third-order valence-corrected chi connectivity index (χ3v) is 2.86. The summed E-state index contributed by atoms with van der Waals surface area (Å²) in [4.78, 5) is 28.5. The molecule has 0 saturated carbocycles. The van der Waals surface area contributed by atoms with Gasteiger partial charge >= 0.3 is 0 Å². The third-order valence-electron chi connectivity index (χ3n) is 2.86. The van der Waals surface area contributed by atoms with E-state index in [9.17, 15) is 9.59 Å². The molecule has 0 aromatic carbocycles. The normalized spacial score (nSPS) is 26.6. The predicted octanol–water partition coefficient (Wildman–Crippen LogP) is -0.648. The Labute approximate surface area is 106 Å². The second kappa shape index (κ2) is 5.97. The van der Waals surface area contributed by atoms with Crippen molar-refractivity contribution in [3.8, 4) is 0 Å². The molecule has 2 aliphatic heterocycles. The summed E-state index contributed by atoms with van der Waals surface area (Å²) in [6.07, 6.45) is 1.88. The van der Waals surface area contributed by atoms with Gasteiger partial charge in [0.2, 0.25) is 11.9 Å². The average molecular weight is 261 g/mol. The SMILES string of the molecule is CN1CC(=O)NC1=NC(=O)C1CCCNC1.Cl. The van der Waals surface area contributed by atoms with Crippen molar-refractivity contribution in [3.63, 3.8) is 0 Å². The zero-order valence-electron chi connectivity index (χ0n) is 9.73. The van der Waals surface area contributed by atoms with Gasteiger partial charge in [0, 0.05) is 13.6 Å². The zero-order valence-corrected chi connectivity index (χ0v) is 10.5. The first-order valence-electron chi connectivity index (χ1n) is 5.51. The first kappa shape index (κ1) is 13.9. The second-order valence-electron chi connectivity index (χ2n) is 4.22. The van der Waals surface area contributed by atoms with Gasteiger partial charge < -0.3 is 10.2 Å². The van der Waals surface area contributed by atoms with Gasteiger partial charge in [-0.15, -0.1) is 12.4 Å². The summed E-state index contributed by atoms with van der Waals surface area (Å²) in [6.45, 7) is 1.93. The number of amides is 2. The van der Waals surface area contributed by atoms with Gasteiger partial charge in [0.25, 0.3) is 5.91 Å². The molecule has 17 heavy (non-hydrogen) atoms. The Morgan fingerprint density at radius 1 is 1.53 bits per heavy atom. The maximum absolute atomic E-state index is 11.8. The van der Waals surface area contributed by atoms with Crippen LogP contribution in [0.5, 0.6) is 0 Å². The van der Waals surface area contributed by atoms with E-state index < -0.39 is 0 Å². The minimum absolute atomic E-state index is 0. The molecule has 1 atom stereocenters. The van der Waals surface area contributed by atoms with Crippen molar-refractivity contribution >= 4 is 30.2 Å². The highest BCUT2D eigenvalue weighted by molar-refractivity contribution is 6.07. The van der Waals surface area contributed by atoms with Crippen LogP contribution < -0.4 is 10.6 Å². The highest BCUT2D eigenvalue weighted by atomic mass is 35.5. The molecule has 0 bridgehead atoms. The number of guanidine groups is 1. The number of rotatable bonds is 1. The summed E-state index contributed by atoms with van der Waals surface area (Å²) >= 11 is 0. The zero-order chi connectivity index (χ0) is 11.5. The number of hydrogen-bond acceptors (Lipinski definition) is 3. The monoisotopic (exact) mass is 260 g/mol. The quantitative estimate of drug-likeness (QED) is 0.657. The molecular formula is C10H17ClN4O2. The molecule has 96 valence electrons. The first-order valence-corrected chi connectivity index (χ1v) is 5.51. The maximum atomic E-state index is 11.8. The van der Waals surface area contributed by atoms with E-state index in [4.69, 9.17) is 0 Å². The Morgan fingerprint density at radius 3 is 2.82 bits per heavy atom. The average Bonchev–Trinajstić information content (AvgIpc) is 2.59. The molecule has 2 rings (SSSR count). The van der Waals surface area contributed by atoms with E-state index in [1.54, 1.807) is 11.9 Å². The van der Waals surface area contributed by atoms with Gasteiger partial charge in [0.15, 0.2) is 0 Å². The topological polar surface area (TPSA) is 73.8 Å². The summed E-state index contributed by atoms with van der Waals surface area (Å²) in [5.41, 5.74) is 0. The molecule has 2 aliphatic rings. The minimum Gasteiger partial charge on any atom is -0.336 e. The Kier molecular flexibility index (Phi) is 4.89. The van der Waals surface area contributed by atoms with E-state index >= 15 is 0 Å². The van der Waals surface area contributed by atoms with Crippen LogP contribution in [0.15, 0.2) is 4.99 Å². The number of carbonyl (C=O) groups is 2. The molecule has 6 nitrogen and oxygen atoms in total. The molecule has 2 heterocycles. The van der Waals surface area contributed by atoms with Crippen molar-refractivity contribution in [3.05, 3.63) is 0 Å². The summed E-state index contributed by atoms with van der Waals surface area (Å²) in [5, 5.41) is 5.74. The smallest absolute Gasteiger partial charge is 0.253 e. The fourth-order valence-corrected chi connectivity index (χ4v) is 1.92. The molecule has 2 amide bonds. The summed E-state index contributed by atoms with van der Waals surface area (Å²) < 4.78 is 0.